The summed E-state index contributed by atoms with van der Waals surface area (Å²) >= 11 is 3.47. The van der Waals surface area contributed by atoms with Crippen molar-refractivity contribution in [2.75, 3.05) is 6.54 Å². The molecule has 0 bridgehead atoms. The van der Waals surface area contributed by atoms with Crippen LogP contribution in [0.1, 0.15) is 45.6 Å². The molecule has 0 saturated heterocycles. The standard InChI is InChI=1S/C14H22BrN/c1-5-11(10-16-14(2,3)4)12-6-8-13(15)9-7-12/h6-9,11,16H,5,10H2,1-4H3. The van der Waals surface area contributed by atoms with Crippen LogP contribution in [0.25, 0.3) is 0 Å². The summed E-state index contributed by atoms with van der Waals surface area (Å²) in [6, 6.07) is 8.66. The largest absolute Gasteiger partial charge is 0.311 e. The van der Waals surface area contributed by atoms with Gasteiger partial charge >= 0.3 is 0 Å². The molecule has 0 amide bonds. The van der Waals surface area contributed by atoms with Crippen molar-refractivity contribution in [1.29, 1.82) is 0 Å². The Kier molecular flexibility index (Phi) is 5.00. The molecule has 1 nitrogen and oxygen atoms in total. The van der Waals surface area contributed by atoms with Crippen LogP contribution in [0.2, 0.25) is 0 Å². The molecule has 0 spiro atoms. The van der Waals surface area contributed by atoms with Crippen LogP contribution in [0.4, 0.5) is 0 Å². The Hall–Kier alpha value is -0.340. The number of nitrogens with one attached hydrogen (secondary N) is 1. The Balaban J connectivity index is 2.64. The number of benzene rings is 1. The Morgan fingerprint density at radius 1 is 1.19 bits per heavy atom. The van der Waals surface area contributed by atoms with Gasteiger partial charge in [-0.15, -0.1) is 0 Å². The molecule has 1 aromatic carbocycles. The predicted molar refractivity (Wildman–Crippen MR) is 74.9 cm³/mol. The highest BCUT2D eigenvalue weighted by Crippen LogP contribution is 2.21. The average molecular weight is 284 g/mol. The maximum atomic E-state index is 3.57. The van der Waals surface area contributed by atoms with E-state index in [-0.39, 0.29) is 5.54 Å². The van der Waals surface area contributed by atoms with E-state index < -0.39 is 0 Å². The minimum Gasteiger partial charge on any atom is -0.311 e. The van der Waals surface area contributed by atoms with E-state index in [1.54, 1.807) is 0 Å². The van der Waals surface area contributed by atoms with Crippen LogP contribution in [0, 0.1) is 0 Å². The minimum atomic E-state index is 0.197. The highest BCUT2D eigenvalue weighted by Gasteiger charge is 2.14. The second-order valence-corrected chi connectivity index (χ2v) is 6.20. The molecule has 0 heterocycles. The van der Waals surface area contributed by atoms with Crippen molar-refractivity contribution in [2.45, 2.75) is 45.6 Å². The molecule has 0 fully saturated rings. The van der Waals surface area contributed by atoms with Gasteiger partial charge in [0.05, 0.1) is 0 Å². The van der Waals surface area contributed by atoms with Gasteiger partial charge in [0.1, 0.15) is 0 Å². The predicted octanol–water partition coefficient (Wildman–Crippen LogP) is 4.33. The van der Waals surface area contributed by atoms with Crippen molar-refractivity contribution >= 4 is 15.9 Å². The van der Waals surface area contributed by atoms with E-state index in [2.05, 4.69) is 73.2 Å². The van der Waals surface area contributed by atoms with Gasteiger partial charge in [-0.2, -0.15) is 0 Å². The van der Waals surface area contributed by atoms with E-state index in [9.17, 15) is 0 Å². The minimum absolute atomic E-state index is 0.197. The lowest BCUT2D eigenvalue weighted by Gasteiger charge is -2.25. The van der Waals surface area contributed by atoms with E-state index in [0.717, 1.165) is 11.0 Å². The molecule has 0 radical (unpaired) electrons. The Morgan fingerprint density at radius 2 is 1.75 bits per heavy atom. The van der Waals surface area contributed by atoms with Crippen LogP contribution in [0.15, 0.2) is 28.7 Å². The molecule has 16 heavy (non-hydrogen) atoms. The molecular formula is C14H22BrN. The van der Waals surface area contributed by atoms with Gasteiger partial charge in [0.15, 0.2) is 0 Å². The lowest BCUT2D eigenvalue weighted by Crippen LogP contribution is -2.38. The topological polar surface area (TPSA) is 12.0 Å². The lowest BCUT2D eigenvalue weighted by atomic mass is 9.95. The fraction of sp³-hybridized carbons (Fsp3) is 0.571. The third-order valence-electron chi connectivity index (χ3n) is 2.71. The second-order valence-electron chi connectivity index (χ2n) is 5.29. The van der Waals surface area contributed by atoms with E-state index in [1.165, 1.54) is 12.0 Å². The van der Waals surface area contributed by atoms with E-state index >= 15 is 0 Å². The number of hydrogen-bond acceptors (Lipinski definition) is 1. The van der Waals surface area contributed by atoms with Crippen molar-refractivity contribution in [3.8, 4) is 0 Å². The van der Waals surface area contributed by atoms with Gasteiger partial charge in [-0.25, -0.2) is 0 Å². The number of rotatable bonds is 4. The summed E-state index contributed by atoms with van der Waals surface area (Å²) in [5.74, 6) is 0.604. The molecule has 90 valence electrons. The molecule has 0 aliphatic carbocycles. The highest BCUT2D eigenvalue weighted by atomic mass is 79.9. The summed E-state index contributed by atoms with van der Waals surface area (Å²) < 4.78 is 1.15. The zero-order valence-electron chi connectivity index (χ0n) is 10.7. The van der Waals surface area contributed by atoms with Crippen LogP contribution < -0.4 is 5.32 Å². The van der Waals surface area contributed by atoms with E-state index in [4.69, 9.17) is 0 Å². The van der Waals surface area contributed by atoms with Crippen LogP contribution >= 0.6 is 15.9 Å². The highest BCUT2D eigenvalue weighted by molar-refractivity contribution is 9.10. The fourth-order valence-corrected chi connectivity index (χ4v) is 1.93. The maximum Gasteiger partial charge on any atom is 0.0175 e. The monoisotopic (exact) mass is 283 g/mol. The molecule has 2 heteroatoms. The van der Waals surface area contributed by atoms with Gasteiger partial charge in [-0.3, -0.25) is 0 Å². The Labute approximate surface area is 108 Å². The van der Waals surface area contributed by atoms with E-state index in [1.807, 2.05) is 0 Å². The molecule has 0 saturated carbocycles. The van der Waals surface area contributed by atoms with Crippen molar-refractivity contribution in [3.05, 3.63) is 34.3 Å². The molecule has 1 atom stereocenters. The molecule has 0 aromatic heterocycles. The van der Waals surface area contributed by atoms with Crippen molar-refractivity contribution in [3.63, 3.8) is 0 Å². The third kappa shape index (κ3) is 4.67. The molecule has 0 aliphatic rings. The van der Waals surface area contributed by atoms with E-state index in [0.29, 0.717) is 5.92 Å². The molecular weight excluding hydrogens is 262 g/mol. The van der Waals surface area contributed by atoms with Crippen LogP contribution in [-0.4, -0.2) is 12.1 Å². The van der Waals surface area contributed by atoms with Crippen molar-refractivity contribution < 1.29 is 0 Å². The summed E-state index contributed by atoms with van der Waals surface area (Å²) in [4.78, 5) is 0. The van der Waals surface area contributed by atoms with Crippen molar-refractivity contribution in [2.24, 2.45) is 0 Å². The number of hydrogen-bond donors (Lipinski definition) is 1. The summed E-state index contributed by atoms with van der Waals surface area (Å²) in [6.45, 7) is 9.92. The molecule has 1 aromatic rings. The van der Waals surface area contributed by atoms with Gasteiger partial charge in [-0.05, 0) is 50.8 Å². The van der Waals surface area contributed by atoms with Crippen LogP contribution in [0.5, 0.6) is 0 Å². The summed E-state index contributed by atoms with van der Waals surface area (Å²) in [5, 5.41) is 3.57. The molecule has 0 aliphatic heterocycles. The van der Waals surface area contributed by atoms with Crippen molar-refractivity contribution in [1.82, 2.24) is 5.32 Å². The summed E-state index contributed by atoms with van der Waals surface area (Å²) in [7, 11) is 0. The SMILES string of the molecule is CCC(CNC(C)(C)C)c1ccc(Br)cc1. The zero-order chi connectivity index (χ0) is 12.2. The third-order valence-corrected chi connectivity index (χ3v) is 3.24. The van der Waals surface area contributed by atoms with Crippen LogP contribution in [0.3, 0.4) is 0 Å². The first-order valence-corrected chi connectivity index (χ1v) is 6.72. The van der Waals surface area contributed by atoms with Gasteiger partial charge in [0.25, 0.3) is 0 Å². The first-order chi connectivity index (χ1) is 7.42. The summed E-state index contributed by atoms with van der Waals surface area (Å²) in [5.41, 5.74) is 1.62. The van der Waals surface area contributed by atoms with Gasteiger partial charge in [-0.1, -0.05) is 35.0 Å². The second kappa shape index (κ2) is 5.83. The Morgan fingerprint density at radius 3 is 2.19 bits per heavy atom. The lowest BCUT2D eigenvalue weighted by molar-refractivity contribution is 0.403. The Bertz CT molecular complexity index is 311. The van der Waals surface area contributed by atoms with Gasteiger partial charge in [0, 0.05) is 16.6 Å². The number of halogens is 1. The van der Waals surface area contributed by atoms with Crippen LogP contribution in [-0.2, 0) is 0 Å². The smallest absolute Gasteiger partial charge is 0.0175 e. The van der Waals surface area contributed by atoms with Gasteiger partial charge < -0.3 is 5.32 Å². The summed E-state index contributed by atoms with van der Waals surface area (Å²) in [6.07, 6.45) is 1.17. The average Bonchev–Trinajstić information content (AvgIpc) is 2.20. The molecule has 1 rings (SSSR count). The van der Waals surface area contributed by atoms with Gasteiger partial charge in [0.2, 0.25) is 0 Å². The normalized spacial score (nSPS) is 13.8. The first-order valence-electron chi connectivity index (χ1n) is 5.93. The first kappa shape index (κ1) is 13.7. The quantitative estimate of drug-likeness (QED) is 0.867. The zero-order valence-corrected chi connectivity index (χ0v) is 12.3. The maximum absolute atomic E-state index is 3.57. The fourth-order valence-electron chi connectivity index (χ4n) is 1.66. The molecule has 1 unspecified atom stereocenters. The molecule has 1 N–H and O–H groups in total.